The predicted octanol–water partition coefficient (Wildman–Crippen LogP) is 15.3. The van der Waals surface area contributed by atoms with Gasteiger partial charge < -0.3 is 4.57 Å². The average molecular weight is 809 g/mol. The second-order valence-corrected chi connectivity index (χ2v) is 16.7. The number of hydrogen-bond donors (Lipinski definition) is 0. The SMILES string of the molecule is c1ccc(-c2nc(-c3ccccc3)nc(-c3cc(-c4ccccc4-c4ccccc4)ccc3-c3ccc4sc5cc6c(cc5c4c3)c3ccccc3n6-c3ccccc3)n2)cc1. The lowest BCUT2D eigenvalue weighted by molar-refractivity contribution is 1.07. The summed E-state index contributed by atoms with van der Waals surface area (Å²) in [6, 6.07) is 77.5. The second-order valence-electron chi connectivity index (χ2n) is 15.6. The largest absolute Gasteiger partial charge is 0.309 e. The molecule has 0 aliphatic rings. The normalized spacial score (nSPS) is 11.5. The molecule has 0 aliphatic carbocycles. The van der Waals surface area contributed by atoms with E-state index in [0.717, 1.165) is 44.6 Å². The van der Waals surface area contributed by atoms with Crippen LogP contribution in [0.5, 0.6) is 0 Å². The highest BCUT2D eigenvalue weighted by atomic mass is 32.1. The van der Waals surface area contributed by atoms with Gasteiger partial charge in [0.05, 0.1) is 11.0 Å². The maximum Gasteiger partial charge on any atom is 0.164 e. The Hall–Kier alpha value is -7.99. The molecule has 0 unspecified atom stereocenters. The lowest BCUT2D eigenvalue weighted by Crippen LogP contribution is -2.01. The van der Waals surface area contributed by atoms with E-state index in [4.69, 9.17) is 15.0 Å². The van der Waals surface area contributed by atoms with Crippen molar-refractivity contribution in [2.75, 3.05) is 0 Å². The second kappa shape index (κ2) is 14.9. The Labute approximate surface area is 362 Å². The molecule has 0 saturated heterocycles. The van der Waals surface area contributed by atoms with Crippen molar-refractivity contribution in [3.8, 4) is 73.2 Å². The maximum atomic E-state index is 5.27. The summed E-state index contributed by atoms with van der Waals surface area (Å²) >= 11 is 1.85. The van der Waals surface area contributed by atoms with Crippen LogP contribution in [0.4, 0.5) is 0 Å². The molecule has 0 bridgehead atoms. The van der Waals surface area contributed by atoms with Gasteiger partial charge in [0.15, 0.2) is 17.5 Å². The van der Waals surface area contributed by atoms with E-state index in [1.807, 2.05) is 47.7 Å². The first-order chi connectivity index (χ1) is 30.7. The molecule has 0 fully saturated rings. The van der Waals surface area contributed by atoms with Gasteiger partial charge in [-0.15, -0.1) is 11.3 Å². The van der Waals surface area contributed by atoms with Crippen LogP contribution in [0.25, 0.3) is 115 Å². The van der Waals surface area contributed by atoms with Crippen LogP contribution in [-0.2, 0) is 0 Å². The summed E-state index contributed by atoms with van der Waals surface area (Å²) in [5, 5.41) is 4.98. The first kappa shape index (κ1) is 35.9. The van der Waals surface area contributed by atoms with Gasteiger partial charge >= 0.3 is 0 Å². The first-order valence-electron chi connectivity index (χ1n) is 20.8. The molecular weight excluding hydrogens is 773 g/mol. The van der Waals surface area contributed by atoms with E-state index in [-0.39, 0.29) is 0 Å². The molecule has 0 atom stereocenters. The Morgan fingerprint density at radius 2 is 0.806 bits per heavy atom. The van der Waals surface area contributed by atoms with E-state index in [0.29, 0.717) is 17.5 Å². The Morgan fingerprint density at radius 1 is 0.290 bits per heavy atom. The quantitative estimate of drug-likeness (QED) is 0.161. The van der Waals surface area contributed by atoms with E-state index in [2.05, 4.69) is 187 Å². The molecule has 3 aromatic heterocycles. The zero-order valence-corrected chi connectivity index (χ0v) is 34.3. The summed E-state index contributed by atoms with van der Waals surface area (Å²) < 4.78 is 4.90. The molecule has 12 rings (SSSR count). The van der Waals surface area contributed by atoms with E-state index in [1.165, 1.54) is 53.1 Å². The van der Waals surface area contributed by atoms with Crippen LogP contribution in [0.15, 0.2) is 218 Å². The molecule has 0 aliphatic heterocycles. The van der Waals surface area contributed by atoms with Gasteiger partial charge in [-0.05, 0) is 81.9 Å². The Bertz CT molecular complexity index is 3560. The van der Waals surface area contributed by atoms with Crippen molar-refractivity contribution in [2.45, 2.75) is 0 Å². The molecule has 3 heterocycles. The molecular formula is C57H36N4S. The minimum Gasteiger partial charge on any atom is -0.309 e. The molecule has 12 aromatic rings. The number of nitrogens with zero attached hydrogens (tertiary/aromatic N) is 4. The molecule has 0 spiro atoms. The fraction of sp³-hybridized carbons (Fsp3) is 0. The Kier molecular flexibility index (Phi) is 8.65. The standard InChI is InChI=1S/C57H36N4S/c1-5-17-37(18-6-1)43-25-13-14-26-44(43)40-29-31-45(50(34-40)57-59-55(38-19-7-2-8-20-38)58-56(60-57)39-21-9-3-10-22-39)41-30-32-53-48(33-41)49-35-47-46-27-15-16-28-51(46)61(42-23-11-4-12-24-42)52(47)36-54(49)62-53/h1-36H. The van der Waals surface area contributed by atoms with Crippen LogP contribution in [0, 0.1) is 0 Å². The zero-order valence-electron chi connectivity index (χ0n) is 33.5. The third-order valence-corrected chi connectivity index (χ3v) is 13.0. The van der Waals surface area contributed by atoms with E-state index < -0.39 is 0 Å². The molecule has 0 amide bonds. The van der Waals surface area contributed by atoms with Gasteiger partial charge in [-0.2, -0.15) is 0 Å². The number of fused-ring (bicyclic) bond motifs is 6. The van der Waals surface area contributed by atoms with Crippen LogP contribution < -0.4 is 0 Å². The van der Waals surface area contributed by atoms with Gasteiger partial charge in [0.25, 0.3) is 0 Å². The molecule has 290 valence electrons. The van der Waals surface area contributed by atoms with Gasteiger partial charge in [0, 0.05) is 53.3 Å². The van der Waals surface area contributed by atoms with Crippen molar-refractivity contribution in [1.29, 1.82) is 0 Å². The molecule has 4 nitrogen and oxygen atoms in total. The van der Waals surface area contributed by atoms with Crippen LogP contribution in [0.3, 0.4) is 0 Å². The predicted molar refractivity (Wildman–Crippen MR) is 260 cm³/mol. The maximum absolute atomic E-state index is 5.27. The number of aromatic nitrogens is 4. The van der Waals surface area contributed by atoms with E-state index in [1.54, 1.807) is 0 Å². The summed E-state index contributed by atoms with van der Waals surface area (Å²) in [4.78, 5) is 15.6. The third kappa shape index (κ3) is 6.18. The van der Waals surface area contributed by atoms with Gasteiger partial charge in [-0.1, -0.05) is 170 Å². The number of benzene rings is 9. The summed E-state index contributed by atoms with van der Waals surface area (Å²) in [5.41, 5.74) is 13.1. The monoisotopic (exact) mass is 808 g/mol. The fourth-order valence-electron chi connectivity index (χ4n) is 8.94. The molecule has 62 heavy (non-hydrogen) atoms. The van der Waals surface area contributed by atoms with Crippen molar-refractivity contribution < 1.29 is 0 Å². The van der Waals surface area contributed by atoms with Crippen molar-refractivity contribution in [3.63, 3.8) is 0 Å². The van der Waals surface area contributed by atoms with Crippen LogP contribution in [0.2, 0.25) is 0 Å². The first-order valence-corrected chi connectivity index (χ1v) is 21.7. The van der Waals surface area contributed by atoms with Crippen LogP contribution >= 0.6 is 11.3 Å². The van der Waals surface area contributed by atoms with Crippen molar-refractivity contribution in [2.24, 2.45) is 0 Å². The topological polar surface area (TPSA) is 43.6 Å². The molecule has 0 N–H and O–H groups in total. The molecule has 0 saturated carbocycles. The Balaban J connectivity index is 1.09. The number of thiophene rings is 1. The summed E-state index contributed by atoms with van der Waals surface area (Å²) in [5.74, 6) is 1.89. The molecule has 9 aromatic carbocycles. The fourth-order valence-corrected chi connectivity index (χ4v) is 10.0. The van der Waals surface area contributed by atoms with Gasteiger partial charge in [0.2, 0.25) is 0 Å². The van der Waals surface area contributed by atoms with E-state index >= 15 is 0 Å². The summed E-state index contributed by atoms with van der Waals surface area (Å²) in [6.45, 7) is 0. The number of rotatable bonds is 7. The minimum absolute atomic E-state index is 0.623. The molecule has 5 heteroatoms. The Morgan fingerprint density at radius 3 is 1.50 bits per heavy atom. The van der Waals surface area contributed by atoms with Gasteiger partial charge in [-0.25, -0.2) is 15.0 Å². The summed E-state index contributed by atoms with van der Waals surface area (Å²) in [6.07, 6.45) is 0. The van der Waals surface area contributed by atoms with E-state index in [9.17, 15) is 0 Å². The highest BCUT2D eigenvalue weighted by Crippen LogP contribution is 2.44. The van der Waals surface area contributed by atoms with Crippen LogP contribution in [-0.4, -0.2) is 19.5 Å². The zero-order chi connectivity index (χ0) is 41.0. The number of para-hydroxylation sites is 2. The number of hydrogen-bond acceptors (Lipinski definition) is 4. The van der Waals surface area contributed by atoms with Gasteiger partial charge in [-0.3, -0.25) is 0 Å². The highest BCUT2D eigenvalue weighted by Gasteiger charge is 2.20. The molecule has 0 radical (unpaired) electrons. The lowest BCUT2D eigenvalue weighted by Gasteiger charge is -2.16. The lowest BCUT2D eigenvalue weighted by atomic mass is 9.90. The smallest absolute Gasteiger partial charge is 0.164 e. The van der Waals surface area contributed by atoms with Crippen molar-refractivity contribution in [3.05, 3.63) is 218 Å². The van der Waals surface area contributed by atoms with Crippen molar-refractivity contribution >= 4 is 53.3 Å². The average Bonchev–Trinajstić information content (AvgIpc) is 3.88. The minimum atomic E-state index is 0.623. The highest BCUT2D eigenvalue weighted by molar-refractivity contribution is 7.25. The third-order valence-electron chi connectivity index (χ3n) is 11.9. The summed E-state index contributed by atoms with van der Waals surface area (Å²) in [7, 11) is 0. The van der Waals surface area contributed by atoms with Gasteiger partial charge in [0.1, 0.15) is 0 Å². The van der Waals surface area contributed by atoms with Crippen LogP contribution in [0.1, 0.15) is 0 Å². The van der Waals surface area contributed by atoms with Crippen molar-refractivity contribution in [1.82, 2.24) is 19.5 Å².